The molecule has 1 aromatic carbocycles. The fourth-order valence-electron chi connectivity index (χ4n) is 3.89. The smallest absolute Gasteiger partial charge is 0.258 e. The molecule has 1 unspecified atom stereocenters. The number of fused-ring (bicyclic) bond motifs is 1. The molecule has 3 aromatic heterocycles. The second kappa shape index (κ2) is 9.05. The zero-order valence-corrected chi connectivity index (χ0v) is 19.1. The molecule has 1 fully saturated rings. The molecule has 0 radical (unpaired) electrons. The topological polar surface area (TPSA) is 74.3 Å². The van der Waals surface area contributed by atoms with E-state index in [9.17, 15) is 4.79 Å². The Kier molecular flexibility index (Phi) is 5.99. The third-order valence-corrected chi connectivity index (χ3v) is 6.77. The van der Waals surface area contributed by atoms with Crippen LogP contribution in [-0.4, -0.2) is 36.9 Å². The first-order valence-electron chi connectivity index (χ1n) is 10.5. The lowest BCUT2D eigenvalue weighted by Gasteiger charge is -2.15. The van der Waals surface area contributed by atoms with E-state index in [-0.39, 0.29) is 11.7 Å². The Balaban J connectivity index is 1.45. The molecule has 0 bridgehead atoms. The number of thioether (sulfide) groups is 1. The fourth-order valence-corrected chi connectivity index (χ4v) is 4.85. The van der Waals surface area contributed by atoms with Crippen LogP contribution in [0.2, 0.25) is 5.02 Å². The number of aromatic nitrogens is 5. The molecule has 1 aliphatic rings. The highest BCUT2D eigenvalue weighted by Crippen LogP contribution is 2.28. The number of halogens is 1. The highest BCUT2D eigenvalue weighted by Gasteiger charge is 2.22. The van der Waals surface area contributed by atoms with Gasteiger partial charge in [-0.2, -0.15) is 0 Å². The summed E-state index contributed by atoms with van der Waals surface area (Å²) < 4.78 is 9.54. The van der Waals surface area contributed by atoms with Gasteiger partial charge in [0.2, 0.25) is 0 Å². The van der Waals surface area contributed by atoms with Gasteiger partial charge in [0.05, 0.1) is 18.3 Å². The number of aryl methyl sites for hydroxylation is 1. The summed E-state index contributed by atoms with van der Waals surface area (Å²) in [6.45, 7) is 3.42. The lowest BCUT2D eigenvalue weighted by molar-refractivity contribution is 0.0953. The van der Waals surface area contributed by atoms with Gasteiger partial charge in [0.25, 0.3) is 5.56 Å². The molecule has 32 heavy (non-hydrogen) atoms. The third-order valence-electron chi connectivity index (χ3n) is 5.52. The Hall–Kier alpha value is -2.68. The van der Waals surface area contributed by atoms with Crippen LogP contribution in [0.1, 0.15) is 24.1 Å². The van der Waals surface area contributed by atoms with Crippen molar-refractivity contribution in [2.24, 2.45) is 0 Å². The number of rotatable bonds is 6. The van der Waals surface area contributed by atoms with E-state index in [4.69, 9.17) is 21.3 Å². The number of hydrogen-bond acceptors (Lipinski definition) is 6. The Morgan fingerprint density at radius 1 is 1.22 bits per heavy atom. The monoisotopic (exact) mass is 467 g/mol. The Labute approximate surface area is 194 Å². The molecule has 0 amide bonds. The van der Waals surface area contributed by atoms with E-state index in [1.165, 1.54) is 11.8 Å². The van der Waals surface area contributed by atoms with Crippen molar-refractivity contribution in [3.8, 4) is 11.4 Å². The summed E-state index contributed by atoms with van der Waals surface area (Å²) >= 11 is 7.59. The van der Waals surface area contributed by atoms with Crippen LogP contribution in [0.15, 0.2) is 58.6 Å². The van der Waals surface area contributed by atoms with Gasteiger partial charge in [-0.1, -0.05) is 29.4 Å². The molecule has 4 heterocycles. The van der Waals surface area contributed by atoms with Gasteiger partial charge in [0, 0.05) is 35.2 Å². The average Bonchev–Trinajstić information content (AvgIpc) is 3.44. The predicted molar refractivity (Wildman–Crippen MR) is 125 cm³/mol. The summed E-state index contributed by atoms with van der Waals surface area (Å²) in [7, 11) is 0. The minimum atomic E-state index is -0.0861. The third kappa shape index (κ3) is 4.30. The van der Waals surface area contributed by atoms with E-state index in [0.717, 1.165) is 41.6 Å². The number of pyridine rings is 1. The van der Waals surface area contributed by atoms with Crippen molar-refractivity contribution >= 4 is 29.0 Å². The number of nitrogens with zero attached hydrogens (tertiary/aromatic N) is 5. The van der Waals surface area contributed by atoms with Crippen LogP contribution >= 0.6 is 23.4 Å². The van der Waals surface area contributed by atoms with E-state index >= 15 is 0 Å². The maximum absolute atomic E-state index is 12.5. The molecule has 1 saturated heterocycles. The maximum Gasteiger partial charge on any atom is 0.258 e. The summed E-state index contributed by atoms with van der Waals surface area (Å²) in [6, 6.07) is 13.0. The van der Waals surface area contributed by atoms with Crippen LogP contribution in [0, 0.1) is 6.92 Å². The van der Waals surface area contributed by atoms with Crippen molar-refractivity contribution in [1.29, 1.82) is 0 Å². The van der Waals surface area contributed by atoms with Crippen molar-refractivity contribution in [2.75, 3.05) is 6.61 Å². The second-order valence-electron chi connectivity index (χ2n) is 7.82. The van der Waals surface area contributed by atoms with Crippen molar-refractivity contribution in [2.45, 2.75) is 43.3 Å². The largest absolute Gasteiger partial charge is 0.376 e. The minimum Gasteiger partial charge on any atom is -0.376 e. The summed E-state index contributed by atoms with van der Waals surface area (Å²) in [5.74, 6) is 1.30. The van der Waals surface area contributed by atoms with E-state index in [1.807, 2.05) is 43.3 Å². The van der Waals surface area contributed by atoms with Gasteiger partial charge in [-0.15, -0.1) is 10.2 Å². The summed E-state index contributed by atoms with van der Waals surface area (Å²) in [5, 5.41) is 10.4. The lowest BCUT2D eigenvalue weighted by Crippen LogP contribution is -2.17. The lowest BCUT2D eigenvalue weighted by atomic mass is 10.2. The first-order chi connectivity index (χ1) is 15.6. The first kappa shape index (κ1) is 21.2. The fraction of sp³-hybridized carbons (Fsp3) is 0.304. The van der Waals surface area contributed by atoms with Crippen LogP contribution in [0.4, 0.5) is 0 Å². The van der Waals surface area contributed by atoms with Crippen LogP contribution in [0.3, 0.4) is 0 Å². The van der Waals surface area contributed by atoms with Gasteiger partial charge in [-0.3, -0.25) is 13.8 Å². The molecule has 4 aromatic rings. The highest BCUT2D eigenvalue weighted by atomic mass is 35.5. The molecular weight excluding hydrogens is 446 g/mol. The van der Waals surface area contributed by atoms with Crippen molar-refractivity contribution < 1.29 is 4.74 Å². The Bertz CT molecular complexity index is 1310. The summed E-state index contributed by atoms with van der Waals surface area (Å²) in [4.78, 5) is 17.2. The molecule has 5 rings (SSSR count). The maximum atomic E-state index is 12.5. The summed E-state index contributed by atoms with van der Waals surface area (Å²) in [5.41, 5.74) is 3.22. The first-order valence-corrected chi connectivity index (χ1v) is 11.9. The van der Waals surface area contributed by atoms with E-state index < -0.39 is 0 Å². The van der Waals surface area contributed by atoms with Crippen LogP contribution < -0.4 is 5.56 Å². The molecule has 1 aliphatic heterocycles. The van der Waals surface area contributed by atoms with Gasteiger partial charge in [0.15, 0.2) is 11.0 Å². The average molecular weight is 468 g/mol. The minimum absolute atomic E-state index is 0.0861. The van der Waals surface area contributed by atoms with Crippen molar-refractivity contribution in [3.63, 3.8) is 0 Å². The zero-order chi connectivity index (χ0) is 22.1. The number of hydrogen-bond donors (Lipinski definition) is 0. The molecule has 0 spiro atoms. The van der Waals surface area contributed by atoms with Crippen LogP contribution in [0.5, 0.6) is 0 Å². The molecule has 164 valence electrons. The zero-order valence-electron chi connectivity index (χ0n) is 17.6. The van der Waals surface area contributed by atoms with Crippen LogP contribution in [-0.2, 0) is 17.0 Å². The van der Waals surface area contributed by atoms with Crippen LogP contribution in [0.25, 0.3) is 17.0 Å². The van der Waals surface area contributed by atoms with Gasteiger partial charge >= 0.3 is 0 Å². The molecule has 9 heteroatoms. The van der Waals surface area contributed by atoms with Gasteiger partial charge in [-0.25, -0.2) is 4.98 Å². The van der Waals surface area contributed by atoms with E-state index in [0.29, 0.717) is 28.7 Å². The van der Waals surface area contributed by atoms with Gasteiger partial charge < -0.3 is 4.74 Å². The second-order valence-corrected chi connectivity index (χ2v) is 9.20. The molecule has 1 atom stereocenters. The van der Waals surface area contributed by atoms with E-state index in [1.54, 1.807) is 16.7 Å². The van der Waals surface area contributed by atoms with E-state index in [2.05, 4.69) is 14.8 Å². The van der Waals surface area contributed by atoms with Crippen molar-refractivity contribution in [1.82, 2.24) is 24.1 Å². The quantitative estimate of drug-likeness (QED) is 0.391. The Morgan fingerprint density at radius 2 is 2.06 bits per heavy atom. The molecule has 0 aliphatic carbocycles. The molecule has 0 N–H and O–H groups in total. The highest BCUT2D eigenvalue weighted by molar-refractivity contribution is 7.98. The van der Waals surface area contributed by atoms with Gasteiger partial charge in [-0.05, 0) is 55.7 Å². The molecule has 0 saturated carbocycles. The number of benzene rings is 1. The summed E-state index contributed by atoms with van der Waals surface area (Å²) in [6.07, 6.45) is 3.97. The number of ether oxygens (including phenoxy) is 1. The standard InChI is InChI=1S/C23H22ClN5O2S/c1-15-4-2-10-28-20(30)12-18(25-21(15)28)14-32-23-27-26-22(16-6-8-17(24)9-7-16)29(23)13-19-5-3-11-31-19/h2,4,6-10,12,19H,3,5,11,13-14H2,1H3. The Morgan fingerprint density at radius 3 is 2.84 bits per heavy atom. The normalized spacial score (nSPS) is 16.1. The van der Waals surface area contributed by atoms with Gasteiger partial charge in [0.1, 0.15) is 5.65 Å². The van der Waals surface area contributed by atoms with Crippen molar-refractivity contribution in [3.05, 3.63) is 75.3 Å². The predicted octanol–water partition coefficient (Wildman–Crippen LogP) is 4.39. The SMILES string of the molecule is Cc1cccn2c(=O)cc(CSc3nnc(-c4ccc(Cl)cc4)n3CC3CCCO3)nc12. The molecular formula is C23H22ClN5O2S. The molecule has 7 nitrogen and oxygen atoms in total.